The van der Waals surface area contributed by atoms with Crippen LogP contribution in [0.4, 0.5) is 0 Å². The molecule has 6 rings (SSSR count). The Hall–Kier alpha value is -3.81. The van der Waals surface area contributed by atoms with Gasteiger partial charge in [-0.1, -0.05) is 6.92 Å². The van der Waals surface area contributed by atoms with E-state index >= 15 is 0 Å². The summed E-state index contributed by atoms with van der Waals surface area (Å²) in [5, 5.41) is 7.80. The number of nitrogens with zero attached hydrogens (tertiary/aromatic N) is 3. The molecule has 0 radical (unpaired) electrons. The number of aromatic nitrogens is 2. The van der Waals surface area contributed by atoms with Crippen molar-refractivity contribution in [1.29, 1.82) is 0 Å². The Morgan fingerprint density at radius 3 is 2.69 bits per heavy atom. The van der Waals surface area contributed by atoms with Crippen LogP contribution in [0.3, 0.4) is 0 Å². The van der Waals surface area contributed by atoms with Crippen LogP contribution in [-0.4, -0.2) is 46.5 Å². The van der Waals surface area contributed by atoms with E-state index in [-0.39, 0.29) is 17.2 Å². The summed E-state index contributed by atoms with van der Waals surface area (Å²) >= 11 is 0. The highest BCUT2D eigenvalue weighted by atomic mass is 16.5. The monoisotopic (exact) mass is 472 g/mol. The van der Waals surface area contributed by atoms with Crippen LogP contribution in [0.5, 0.6) is 11.5 Å². The van der Waals surface area contributed by atoms with Crippen molar-refractivity contribution in [3.63, 3.8) is 0 Å². The zero-order chi connectivity index (χ0) is 24.5. The van der Waals surface area contributed by atoms with Crippen molar-refractivity contribution in [2.24, 2.45) is 11.3 Å². The summed E-state index contributed by atoms with van der Waals surface area (Å²) in [4.78, 5) is 27.4. The average Bonchev–Trinajstić information content (AvgIpc) is 3.55. The minimum atomic E-state index is -0.189. The molecule has 1 aromatic carbocycles. The van der Waals surface area contributed by atoms with Crippen LogP contribution in [0.1, 0.15) is 51.8 Å². The summed E-state index contributed by atoms with van der Waals surface area (Å²) in [5.74, 6) is 2.34. The first-order valence-electron chi connectivity index (χ1n) is 12.0. The summed E-state index contributed by atoms with van der Waals surface area (Å²) in [6, 6.07) is 7.20. The summed E-state index contributed by atoms with van der Waals surface area (Å²) in [5.41, 5.74) is 3.62. The number of aryl methyl sites for hydroxylation is 2. The van der Waals surface area contributed by atoms with Crippen molar-refractivity contribution < 1.29 is 18.7 Å². The summed E-state index contributed by atoms with van der Waals surface area (Å²) in [7, 11) is 1.60. The topological polar surface area (TPSA) is 89.1 Å². The molecule has 2 amide bonds. The van der Waals surface area contributed by atoms with Crippen LogP contribution < -0.4 is 10.1 Å². The van der Waals surface area contributed by atoms with Crippen LogP contribution in [0.2, 0.25) is 0 Å². The van der Waals surface area contributed by atoms with Crippen molar-refractivity contribution in [3.8, 4) is 11.5 Å². The van der Waals surface area contributed by atoms with E-state index in [1.165, 1.54) is 12.8 Å². The number of carbonyl (C=O) groups excluding carboxylic acids is 2. The van der Waals surface area contributed by atoms with Crippen LogP contribution >= 0.6 is 0 Å². The molecule has 8 heteroatoms. The number of ether oxygens (including phenoxy) is 1. The predicted molar refractivity (Wildman–Crippen MR) is 131 cm³/mol. The second kappa shape index (κ2) is 7.60. The standard InChI is InChI=1S/C27H28N4O4/c1-15-20(26(33)30-13-27(3,14-30)17-5-6-17)12-31-24(15)21(9-10-29-31)35-18-7-8-19-22(11-18)34-16(2)23(19)25(32)28-4/h7-12,17H,5-6,13-14H2,1-4H3,(H,28,32). The fourth-order valence-corrected chi connectivity index (χ4v) is 5.50. The fourth-order valence-electron chi connectivity index (χ4n) is 5.50. The molecule has 1 saturated heterocycles. The minimum absolute atomic E-state index is 0.0475. The summed E-state index contributed by atoms with van der Waals surface area (Å²) in [6.07, 6.45) is 6.02. The van der Waals surface area contributed by atoms with Gasteiger partial charge in [0.15, 0.2) is 5.75 Å². The average molecular weight is 473 g/mol. The van der Waals surface area contributed by atoms with E-state index in [1.54, 1.807) is 43.0 Å². The van der Waals surface area contributed by atoms with Crippen molar-refractivity contribution >= 4 is 28.3 Å². The van der Waals surface area contributed by atoms with Gasteiger partial charge in [0.1, 0.15) is 22.6 Å². The largest absolute Gasteiger partial charge is 0.460 e. The Labute approximate surface area is 202 Å². The third kappa shape index (κ3) is 3.38. The van der Waals surface area contributed by atoms with Gasteiger partial charge in [-0.25, -0.2) is 4.52 Å². The van der Waals surface area contributed by atoms with Gasteiger partial charge in [-0.3, -0.25) is 9.59 Å². The molecule has 0 bridgehead atoms. The van der Waals surface area contributed by atoms with Crippen molar-refractivity contribution in [2.45, 2.75) is 33.6 Å². The molecule has 3 aromatic heterocycles. The van der Waals surface area contributed by atoms with Gasteiger partial charge in [-0.05, 0) is 50.3 Å². The molecule has 35 heavy (non-hydrogen) atoms. The number of hydrogen-bond donors (Lipinski definition) is 1. The highest BCUT2D eigenvalue weighted by Crippen LogP contribution is 2.51. The maximum Gasteiger partial charge on any atom is 0.255 e. The second-order valence-corrected chi connectivity index (χ2v) is 10.1. The number of rotatable bonds is 5. The number of furan rings is 1. The Morgan fingerprint density at radius 1 is 1.20 bits per heavy atom. The Balaban J connectivity index is 1.30. The Morgan fingerprint density at radius 2 is 1.97 bits per heavy atom. The molecule has 2 aliphatic rings. The number of amides is 2. The molecule has 0 spiro atoms. The molecule has 2 fully saturated rings. The molecular formula is C27H28N4O4. The quantitative estimate of drug-likeness (QED) is 0.454. The lowest BCUT2D eigenvalue weighted by Gasteiger charge is -2.48. The van der Waals surface area contributed by atoms with Crippen molar-refractivity contribution in [1.82, 2.24) is 19.8 Å². The van der Waals surface area contributed by atoms with E-state index in [0.29, 0.717) is 34.0 Å². The first-order valence-corrected chi connectivity index (χ1v) is 12.0. The minimum Gasteiger partial charge on any atom is -0.460 e. The van der Waals surface area contributed by atoms with Gasteiger partial charge in [0.2, 0.25) is 0 Å². The smallest absolute Gasteiger partial charge is 0.255 e. The normalized spacial score (nSPS) is 17.0. The second-order valence-electron chi connectivity index (χ2n) is 10.1. The number of nitrogens with one attached hydrogen (secondary N) is 1. The van der Waals surface area contributed by atoms with Crippen molar-refractivity contribution in [2.75, 3.05) is 20.1 Å². The molecule has 4 heterocycles. The van der Waals surface area contributed by atoms with Crippen LogP contribution in [0, 0.1) is 25.2 Å². The zero-order valence-corrected chi connectivity index (χ0v) is 20.3. The molecular weight excluding hydrogens is 444 g/mol. The van der Waals surface area contributed by atoms with Gasteiger partial charge in [-0.15, -0.1) is 0 Å². The van der Waals surface area contributed by atoms with E-state index in [1.807, 2.05) is 24.0 Å². The lowest BCUT2D eigenvalue weighted by atomic mass is 9.77. The summed E-state index contributed by atoms with van der Waals surface area (Å²) < 4.78 is 13.8. The Bertz CT molecular complexity index is 1500. The molecule has 0 unspecified atom stereocenters. The molecule has 0 atom stereocenters. The van der Waals surface area contributed by atoms with Gasteiger partial charge in [-0.2, -0.15) is 5.10 Å². The van der Waals surface area contributed by atoms with E-state index in [2.05, 4.69) is 17.3 Å². The highest BCUT2D eigenvalue weighted by molar-refractivity contribution is 6.07. The van der Waals surface area contributed by atoms with E-state index in [9.17, 15) is 9.59 Å². The lowest BCUT2D eigenvalue weighted by molar-refractivity contribution is 0.00367. The molecule has 1 aliphatic carbocycles. The van der Waals surface area contributed by atoms with Gasteiger partial charge in [0.25, 0.3) is 11.8 Å². The van der Waals surface area contributed by atoms with Gasteiger partial charge >= 0.3 is 0 Å². The molecule has 1 aliphatic heterocycles. The number of carbonyl (C=O) groups is 2. The molecule has 180 valence electrons. The fraction of sp³-hybridized carbons (Fsp3) is 0.370. The molecule has 1 saturated carbocycles. The molecule has 1 N–H and O–H groups in total. The third-order valence-electron chi connectivity index (χ3n) is 7.59. The van der Waals surface area contributed by atoms with Gasteiger partial charge in [0, 0.05) is 49.3 Å². The first-order chi connectivity index (χ1) is 16.8. The van der Waals surface area contributed by atoms with Crippen molar-refractivity contribution in [3.05, 3.63) is 59.1 Å². The number of fused-ring (bicyclic) bond motifs is 2. The predicted octanol–water partition coefficient (Wildman–Crippen LogP) is 4.72. The number of likely N-dealkylation sites (tertiary alicyclic amines) is 1. The van der Waals surface area contributed by atoms with Crippen LogP contribution in [0.15, 0.2) is 41.1 Å². The van der Waals surface area contributed by atoms with Crippen LogP contribution in [-0.2, 0) is 0 Å². The molecule has 4 aromatic rings. The lowest BCUT2D eigenvalue weighted by Crippen LogP contribution is -2.58. The number of benzene rings is 1. The Kier molecular flexibility index (Phi) is 4.71. The van der Waals surface area contributed by atoms with E-state index in [4.69, 9.17) is 9.15 Å². The zero-order valence-electron chi connectivity index (χ0n) is 20.3. The third-order valence-corrected chi connectivity index (χ3v) is 7.59. The maximum absolute atomic E-state index is 13.3. The summed E-state index contributed by atoms with van der Waals surface area (Å²) in [6.45, 7) is 7.64. The van der Waals surface area contributed by atoms with E-state index in [0.717, 1.165) is 35.5 Å². The maximum atomic E-state index is 13.3. The SMILES string of the molecule is CNC(=O)c1c(C)oc2cc(Oc3ccnn4cc(C(=O)N5CC(C)(C6CC6)C5)c(C)c34)ccc12. The number of hydrogen-bond acceptors (Lipinski definition) is 5. The van der Waals surface area contributed by atoms with Crippen LogP contribution in [0.25, 0.3) is 16.5 Å². The molecule has 8 nitrogen and oxygen atoms in total. The highest BCUT2D eigenvalue weighted by Gasteiger charge is 2.51. The van der Waals surface area contributed by atoms with Gasteiger partial charge in [0.05, 0.1) is 17.3 Å². The van der Waals surface area contributed by atoms with E-state index < -0.39 is 0 Å². The van der Waals surface area contributed by atoms with Gasteiger partial charge < -0.3 is 19.4 Å². The first kappa shape index (κ1) is 21.7.